The molecule has 0 aromatic heterocycles. The lowest BCUT2D eigenvalue weighted by atomic mass is 10.1. The molecule has 2 aromatic rings. The molecule has 0 aliphatic heterocycles. The fourth-order valence-corrected chi connectivity index (χ4v) is 3.07. The zero-order valence-electron chi connectivity index (χ0n) is 15.4. The minimum Gasteiger partial charge on any atom is -0.492 e. The highest BCUT2D eigenvalue weighted by Gasteiger charge is 2.06. The van der Waals surface area contributed by atoms with Gasteiger partial charge in [-0.2, -0.15) is 0 Å². The van der Waals surface area contributed by atoms with Crippen LogP contribution in [0.3, 0.4) is 0 Å². The van der Waals surface area contributed by atoms with Gasteiger partial charge in [-0.1, -0.05) is 23.7 Å². The normalized spacial score (nSPS) is 11.9. The third-order valence-electron chi connectivity index (χ3n) is 3.76. The summed E-state index contributed by atoms with van der Waals surface area (Å²) in [5.41, 5.74) is 1.20. The van der Waals surface area contributed by atoms with Crippen molar-refractivity contribution in [2.75, 3.05) is 33.0 Å². The molecule has 2 rings (SSSR count). The number of nitrogens with zero attached hydrogens (tertiary/aromatic N) is 1. The lowest BCUT2D eigenvalue weighted by Crippen LogP contribution is -2.40. The van der Waals surface area contributed by atoms with Gasteiger partial charge in [0, 0.05) is 24.9 Å². The van der Waals surface area contributed by atoms with Crippen LogP contribution in [0.25, 0.3) is 0 Å². The summed E-state index contributed by atoms with van der Waals surface area (Å²) >= 11 is 5.88. The number of aliphatic imine (C=N–C) groups is 1. The van der Waals surface area contributed by atoms with Crippen LogP contribution in [0.15, 0.2) is 58.4 Å². The van der Waals surface area contributed by atoms with Crippen LogP contribution in [-0.2, 0) is 16.3 Å². The van der Waals surface area contributed by atoms with Crippen molar-refractivity contribution in [1.29, 1.82) is 0 Å². The third kappa shape index (κ3) is 7.48. The van der Waals surface area contributed by atoms with E-state index < -0.39 is 9.84 Å². The molecule has 0 fully saturated rings. The molecular formula is C19H24ClN3O3S. The quantitative estimate of drug-likeness (QED) is 0.398. The van der Waals surface area contributed by atoms with Crippen LogP contribution in [0.1, 0.15) is 5.56 Å². The lowest BCUT2D eigenvalue weighted by Gasteiger charge is -2.12. The molecule has 0 bridgehead atoms. The third-order valence-corrected chi connectivity index (χ3v) is 5.14. The average Bonchev–Trinajstić information content (AvgIpc) is 2.65. The number of benzene rings is 2. The molecule has 6 nitrogen and oxygen atoms in total. The lowest BCUT2D eigenvalue weighted by molar-refractivity contribution is 0.321. The maximum absolute atomic E-state index is 11.4. The first-order valence-corrected chi connectivity index (χ1v) is 10.8. The zero-order chi connectivity index (χ0) is 19.7. The van der Waals surface area contributed by atoms with Gasteiger partial charge in [0.2, 0.25) is 0 Å². The minimum atomic E-state index is -3.19. The molecule has 2 N–H and O–H groups in total. The molecule has 146 valence electrons. The second kappa shape index (κ2) is 10.2. The van der Waals surface area contributed by atoms with Gasteiger partial charge in [0.05, 0.1) is 11.4 Å². The van der Waals surface area contributed by atoms with Gasteiger partial charge >= 0.3 is 0 Å². The number of nitrogens with one attached hydrogen (secondary N) is 2. The number of guanidine groups is 1. The van der Waals surface area contributed by atoms with Crippen molar-refractivity contribution >= 4 is 27.4 Å². The Hall–Kier alpha value is -2.25. The molecule has 8 heteroatoms. The van der Waals surface area contributed by atoms with E-state index in [9.17, 15) is 8.42 Å². The van der Waals surface area contributed by atoms with Crippen LogP contribution < -0.4 is 15.4 Å². The molecule has 0 aliphatic carbocycles. The highest BCUT2D eigenvalue weighted by molar-refractivity contribution is 7.90. The van der Waals surface area contributed by atoms with Crippen molar-refractivity contribution in [3.63, 3.8) is 0 Å². The van der Waals surface area contributed by atoms with E-state index >= 15 is 0 Å². The number of sulfone groups is 1. The summed E-state index contributed by atoms with van der Waals surface area (Å²) in [6, 6.07) is 14.1. The number of hydrogen-bond donors (Lipinski definition) is 2. The van der Waals surface area contributed by atoms with Crippen LogP contribution in [0.2, 0.25) is 5.02 Å². The van der Waals surface area contributed by atoms with E-state index in [4.69, 9.17) is 16.3 Å². The molecule has 0 radical (unpaired) electrons. The Morgan fingerprint density at radius 1 is 1.04 bits per heavy atom. The number of ether oxygens (including phenoxy) is 1. The Bertz CT molecular complexity index is 851. The second-order valence-electron chi connectivity index (χ2n) is 5.89. The van der Waals surface area contributed by atoms with E-state index in [2.05, 4.69) is 15.6 Å². The molecular weight excluding hydrogens is 386 g/mol. The van der Waals surface area contributed by atoms with E-state index in [0.29, 0.717) is 24.9 Å². The summed E-state index contributed by atoms with van der Waals surface area (Å²) in [4.78, 5) is 4.44. The van der Waals surface area contributed by atoms with Crippen molar-refractivity contribution in [3.8, 4) is 5.75 Å². The average molecular weight is 410 g/mol. The molecule has 0 aliphatic rings. The fourth-order valence-electron chi connectivity index (χ4n) is 2.32. The maximum Gasteiger partial charge on any atom is 0.191 e. The highest BCUT2D eigenvalue weighted by atomic mass is 35.5. The van der Waals surface area contributed by atoms with E-state index in [1.54, 1.807) is 19.2 Å². The van der Waals surface area contributed by atoms with Gasteiger partial charge in [0.25, 0.3) is 0 Å². The zero-order valence-corrected chi connectivity index (χ0v) is 17.0. The van der Waals surface area contributed by atoms with Crippen molar-refractivity contribution < 1.29 is 13.2 Å². The summed E-state index contributed by atoms with van der Waals surface area (Å²) in [5, 5.41) is 7.14. The molecule has 0 atom stereocenters. The molecule has 0 spiro atoms. The van der Waals surface area contributed by atoms with Crippen molar-refractivity contribution in [2.24, 2.45) is 4.99 Å². The summed E-state index contributed by atoms with van der Waals surface area (Å²) in [7, 11) is -1.48. The van der Waals surface area contributed by atoms with E-state index in [1.165, 1.54) is 24.0 Å². The Kier molecular flexibility index (Phi) is 7.94. The topological polar surface area (TPSA) is 79.8 Å². The predicted molar refractivity (Wildman–Crippen MR) is 110 cm³/mol. The maximum atomic E-state index is 11.4. The van der Waals surface area contributed by atoms with Gasteiger partial charge < -0.3 is 15.4 Å². The molecule has 0 heterocycles. The Morgan fingerprint density at radius 2 is 1.67 bits per heavy atom. The predicted octanol–water partition coefficient (Wildman–Crippen LogP) is 2.53. The highest BCUT2D eigenvalue weighted by Crippen LogP contribution is 2.15. The van der Waals surface area contributed by atoms with Crippen LogP contribution in [0.5, 0.6) is 5.75 Å². The van der Waals surface area contributed by atoms with Gasteiger partial charge in [-0.25, -0.2) is 8.42 Å². The summed E-state index contributed by atoms with van der Waals surface area (Å²) < 4.78 is 28.5. The van der Waals surface area contributed by atoms with E-state index in [0.717, 1.165) is 18.0 Å². The largest absolute Gasteiger partial charge is 0.492 e. The van der Waals surface area contributed by atoms with Gasteiger partial charge in [-0.05, 0) is 48.4 Å². The first kappa shape index (κ1) is 21.1. The van der Waals surface area contributed by atoms with Gasteiger partial charge in [-0.15, -0.1) is 0 Å². The number of rotatable bonds is 8. The van der Waals surface area contributed by atoms with Gasteiger partial charge in [-0.3, -0.25) is 4.99 Å². The number of hydrogen-bond acceptors (Lipinski definition) is 4. The summed E-state index contributed by atoms with van der Waals surface area (Å²) in [6.07, 6.45) is 2.04. The molecule has 0 amide bonds. The van der Waals surface area contributed by atoms with Crippen molar-refractivity contribution in [1.82, 2.24) is 10.6 Å². The second-order valence-corrected chi connectivity index (χ2v) is 8.35. The summed E-state index contributed by atoms with van der Waals surface area (Å²) in [5.74, 6) is 1.31. The van der Waals surface area contributed by atoms with Crippen molar-refractivity contribution in [3.05, 3.63) is 59.1 Å². The van der Waals surface area contributed by atoms with E-state index in [-0.39, 0.29) is 4.90 Å². The minimum absolute atomic E-state index is 0.276. The molecule has 0 saturated carbocycles. The molecule has 0 saturated heterocycles. The Labute approximate surface area is 165 Å². The van der Waals surface area contributed by atoms with Crippen LogP contribution in [-0.4, -0.2) is 47.4 Å². The summed E-state index contributed by atoms with van der Waals surface area (Å²) in [6.45, 7) is 1.74. The SMILES string of the molecule is CN=C(NCCOc1ccc(S(C)(=O)=O)cc1)NCCc1ccc(Cl)cc1. The monoisotopic (exact) mass is 409 g/mol. The van der Waals surface area contributed by atoms with Crippen molar-refractivity contribution in [2.45, 2.75) is 11.3 Å². The first-order valence-electron chi connectivity index (χ1n) is 8.50. The van der Waals surface area contributed by atoms with Crippen LogP contribution in [0.4, 0.5) is 0 Å². The Balaban J connectivity index is 1.68. The van der Waals surface area contributed by atoms with Gasteiger partial charge in [0.1, 0.15) is 12.4 Å². The standard InChI is InChI=1S/C19H24ClN3O3S/c1-21-19(22-12-11-15-3-5-16(20)6-4-15)23-13-14-26-17-7-9-18(10-8-17)27(2,24)25/h3-10H,11-14H2,1-2H3,(H2,21,22,23). The number of halogens is 1. The Morgan fingerprint density at radius 3 is 2.26 bits per heavy atom. The van der Waals surface area contributed by atoms with E-state index in [1.807, 2.05) is 24.3 Å². The fraction of sp³-hybridized carbons (Fsp3) is 0.316. The van der Waals surface area contributed by atoms with Gasteiger partial charge in [0.15, 0.2) is 15.8 Å². The first-order chi connectivity index (χ1) is 12.9. The van der Waals surface area contributed by atoms with Crippen LogP contribution >= 0.6 is 11.6 Å². The smallest absolute Gasteiger partial charge is 0.191 e. The molecule has 2 aromatic carbocycles. The molecule has 0 unspecified atom stereocenters. The molecule has 27 heavy (non-hydrogen) atoms. The van der Waals surface area contributed by atoms with Crippen LogP contribution in [0, 0.1) is 0 Å².